The summed E-state index contributed by atoms with van der Waals surface area (Å²) in [5.41, 5.74) is 2.40. The van der Waals surface area contributed by atoms with E-state index in [9.17, 15) is 13.2 Å². The summed E-state index contributed by atoms with van der Waals surface area (Å²) in [6, 6.07) is 5.45. The first-order valence-corrected chi connectivity index (χ1v) is 7.97. The molecule has 106 valence electrons. The van der Waals surface area contributed by atoms with Crippen LogP contribution in [0.15, 0.2) is 18.2 Å². The zero-order valence-corrected chi connectivity index (χ0v) is 12.5. The van der Waals surface area contributed by atoms with Crippen molar-refractivity contribution >= 4 is 22.0 Å². The molecule has 19 heavy (non-hydrogen) atoms. The maximum Gasteiger partial charge on any atom is 0.210 e. The van der Waals surface area contributed by atoms with E-state index in [0.717, 1.165) is 23.8 Å². The van der Waals surface area contributed by atoms with Crippen LogP contribution >= 0.6 is 0 Å². The van der Waals surface area contributed by atoms with Crippen molar-refractivity contribution in [3.63, 3.8) is 0 Å². The molecule has 1 atom stereocenters. The molecule has 0 aliphatic heterocycles. The molecule has 1 rings (SSSR count). The number of carbonyl (C=O) groups is 1. The molecule has 0 saturated heterocycles. The van der Waals surface area contributed by atoms with Gasteiger partial charge in [-0.1, -0.05) is 0 Å². The summed E-state index contributed by atoms with van der Waals surface area (Å²) >= 11 is 0. The minimum Gasteiger partial charge on any atom is -0.356 e. The Bertz CT molecular complexity index is 555. The van der Waals surface area contributed by atoms with Gasteiger partial charge in [-0.25, -0.2) is 8.42 Å². The number of aryl methyl sites for hydroxylation is 1. The molecular weight excluding hydrogens is 264 g/mol. The van der Waals surface area contributed by atoms with Gasteiger partial charge in [0.1, 0.15) is 6.29 Å². The molecule has 1 unspecified atom stereocenters. The lowest BCUT2D eigenvalue weighted by atomic mass is 10.1. The van der Waals surface area contributed by atoms with E-state index in [1.54, 1.807) is 13.0 Å². The third-order valence-electron chi connectivity index (χ3n) is 2.90. The summed E-state index contributed by atoms with van der Waals surface area (Å²) < 4.78 is 25.1. The molecule has 0 aliphatic carbocycles. The predicted molar refractivity (Wildman–Crippen MR) is 77.0 cm³/mol. The summed E-state index contributed by atoms with van der Waals surface area (Å²) in [6.45, 7) is 6.25. The highest BCUT2D eigenvalue weighted by Crippen LogP contribution is 2.20. The number of carbonyl (C=O) groups excluding carboxylic acids is 1. The lowest BCUT2D eigenvalue weighted by molar-refractivity contribution is 0.112. The molecule has 0 fully saturated rings. The number of benzene rings is 1. The summed E-state index contributed by atoms with van der Waals surface area (Å²) in [5.74, 6) is 0. The van der Waals surface area contributed by atoms with Crippen LogP contribution in [0.1, 0.15) is 29.8 Å². The van der Waals surface area contributed by atoms with E-state index in [4.69, 9.17) is 0 Å². The Morgan fingerprint density at radius 2 is 2.05 bits per heavy atom. The lowest BCUT2D eigenvalue weighted by Crippen LogP contribution is -2.46. The summed E-state index contributed by atoms with van der Waals surface area (Å²) in [4.78, 5) is 12.7. The average molecular weight is 284 g/mol. The Balaban J connectivity index is 3.03. The van der Waals surface area contributed by atoms with Gasteiger partial charge in [0.2, 0.25) is 10.0 Å². The van der Waals surface area contributed by atoms with Gasteiger partial charge in [-0.3, -0.25) is 4.79 Å². The SMILES string of the molecule is CCN(c1ccc(C=O)c(C)c1)C(C)NS(C)(=O)=O. The van der Waals surface area contributed by atoms with Gasteiger partial charge < -0.3 is 4.90 Å². The number of sulfonamides is 1. The first kappa shape index (κ1) is 15.7. The summed E-state index contributed by atoms with van der Waals surface area (Å²) in [5, 5.41) is 0. The van der Waals surface area contributed by atoms with Crippen molar-refractivity contribution in [1.82, 2.24) is 4.72 Å². The molecule has 0 radical (unpaired) electrons. The topological polar surface area (TPSA) is 66.5 Å². The van der Waals surface area contributed by atoms with Crippen LogP contribution in [0.2, 0.25) is 0 Å². The number of nitrogens with zero attached hydrogens (tertiary/aromatic N) is 1. The molecule has 0 aromatic heterocycles. The van der Waals surface area contributed by atoms with Crippen LogP contribution in [0.5, 0.6) is 0 Å². The van der Waals surface area contributed by atoms with Crippen molar-refractivity contribution in [3.8, 4) is 0 Å². The van der Waals surface area contributed by atoms with Crippen LogP contribution in [-0.4, -0.2) is 33.7 Å². The number of anilines is 1. The van der Waals surface area contributed by atoms with Crippen LogP contribution in [0.4, 0.5) is 5.69 Å². The smallest absolute Gasteiger partial charge is 0.210 e. The van der Waals surface area contributed by atoms with Crippen molar-refractivity contribution in [2.45, 2.75) is 26.9 Å². The fourth-order valence-corrected chi connectivity index (χ4v) is 2.77. The molecule has 0 aliphatic rings. The zero-order chi connectivity index (χ0) is 14.6. The maximum atomic E-state index is 11.3. The molecule has 0 saturated carbocycles. The van der Waals surface area contributed by atoms with Crippen molar-refractivity contribution in [1.29, 1.82) is 0 Å². The Labute approximate surface area is 114 Å². The molecule has 1 aromatic carbocycles. The van der Waals surface area contributed by atoms with E-state index in [1.165, 1.54) is 0 Å². The Morgan fingerprint density at radius 3 is 2.47 bits per heavy atom. The Morgan fingerprint density at radius 1 is 1.42 bits per heavy atom. The fourth-order valence-electron chi connectivity index (χ4n) is 2.02. The minimum absolute atomic E-state index is 0.346. The fraction of sp³-hybridized carbons (Fsp3) is 0.462. The normalized spacial score (nSPS) is 13.1. The zero-order valence-electron chi connectivity index (χ0n) is 11.7. The molecule has 1 N–H and O–H groups in total. The third kappa shape index (κ3) is 4.33. The van der Waals surface area contributed by atoms with Gasteiger partial charge in [0.25, 0.3) is 0 Å². The lowest BCUT2D eigenvalue weighted by Gasteiger charge is -2.30. The molecule has 0 heterocycles. The molecule has 0 spiro atoms. The number of rotatable bonds is 6. The minimum atomic E-state index is -3.26. The van der Waals surface area contributed by atoms with Crippen molar-refractivity contribution in [3.05, 3.63) is 29.3 Å². The van der Waals surface area contributed by atoms with Gasteiger partial charge in [-0.05, 0) is 44.5 Å². The van der Waals surface area contributed by atoms with Crippen LogP contribution in [0.25, 0.3) is 0 Å². The Kier molecular flexibility index (Phi) is 5.08. The van der Waals surface area contributed by atoms with E-state index < -0.39 is 10.0 Å². The molecule has 1 aromatic rings. The highest BCUT2D eigenvalue weighted by Gasteiger charge is 2.16. The number of hydrogen-bond donors (Lipinski definition) is 1. The van der Waals surface area contributed by atoms with Crippen LogP contribution in [-0.2, 0) is 10.0 Å². The van der Waals surface area contributed by atoms with Crippen LogP contribution in [0.3, 0.4) is 0 Å². The van der Waals surface area contributed by atoms with Crippen molar-refractivity contribution < 1.29 is 13.2 Å². The quantitative estimate of drug-likeness (QED) is 0.635. The van der Waals surface area contributed by atoms with Crippen molar-refractivity contribution in [2.75, 3.05) is 17.7 Å². The average Bonchev–Trinajstić information content (AvgIpc) is 2.27. The van der Waals surface area contributed by atoms with E-state index in [1.807, 2.05) is 30.9 Å². The molecule has 0 bridgehead atoms. The highest BCUT2D eigenvalue weighted by atomic mass is 32.2. The number of aldehydes is 1. The summed E-state index contributed by atoms with van der Waals surface area (Å²) in [6.07, 6.45) is 1.60. The largest absolute Gasteiger partial charge is 0.356 e. The molecular formula is C13H20N2O3S. The standard InChI is InChI=1S/C13H20N2O3S/c1-5-15(11(3)14-19(4,17)18)13-7-6-12(9-16)10(2)8-13/h6-9,11,14H,5H2,1-4H3. The highest BCUT2D eigenvalue weighted by molar-refractivity contribution is 7.88. The first-order valence-electron chi connectivity index (χ1n) is 6.08. The van der Waals surface area contributed by atoms with E-state index in [2.05, 4.69) is 4.72 Å². The first-order chi connectivity index (χ1) is 8.78. The second kappa shape index (κ2) is 6.16. The van der Waals surface area contributed by atoms with Gasteiger partial charge in [0.15, 0.2) is 0 Å². The van der Waals surface area contributed by atoms with E-state index >= 15 is 0 Å². The van der Waals surface area contributed by atoms with Crippen LogP contribution < -0.4 is 9.62 Å². The second-order valence-corrected chi connectivity index (χ2v) is 6.29. The monoisotopic (exact) mass is 284 g/mol. The van der Waals surface area contributed by atoms with Gasteiger partial charge in [-0.2, -0.15) is 4.72 Å². The van der Waals surface area contributed by atoms with E-state index in [-0.39, 0.29) is 6.17 Å². The molecule has 6 heteroatoms. The predicted octanol–water partition coefficient (Wildman–Crippen LogP) is 1.53. The molecule has 5 nitrogen and oxygen atoms in total. The van der Waals surface area contributed by atoms with Crippen molar-refractivity contribution in [2.24, 2.45) is 0 Å². The summed E-state index contributed by atoms with van der Waals surface area (Å²) in [7, 11) is -3.26. The maximum absolute atomic E-state index is 11.3. The van der Waals surface area contributed by atoms with Gasteiger partial charge in [-0.15, -0.1) is 0 Å². The van der Waals surface area contributed by atoms with E-state index in [0.29, 0.717) is 12.1 Å². The van der Waals surface area contributed by atoms with Gasteiger partial charge in [0.05, 0.1) is 12.4 Å². The van der Waals surface area contributed by atoms with Gasteiger partial charge in [0, 0.05) is 17.8 Å². The van der Waals surface area contributed by atoms with Crippen LogP contribution in [0, 0.1) is 6.92 Å². The second-order valence-electron chi connectivity index (χ2n) is 4.51. The molecule has 0 amide bonds. The van der Waals surface area contributed by atoms with Gasteiger partial charge >= 0.3 is 0 Å². The third-order valence-corrected chi connectivity index (χ3v) is 3.67. The number of hydrogen-bond acceptors (Lipinski definition) is 4. The Hall–Kier alpha value is -1.40. The number of nitrogens with one attached hydrogen (secondary N) is 1.